The van der Waals surface area contributed by atoms with Gasteiger partial charge in [-0.15, -0.1) is 0 Å². The molecule has 0 saturated heterocycles. The van der Waals surface area contributed by atoms with Crippen molar-refractivity contribution in [3.05, 3.63) is 48.0 Å². The normalized spacial score (nSPS) is 19.1. The molecule has 40 heavy (non-hydrogen) atoms. The van der Waals surface area contributed by atoms with Crippen molar-refractivity contribution >= 4 is 18.2 Å². The minimum absolute atomic E-state index is 0.0115. The first-order valence-electron chi connectivity index (χ1n) is 12.9. The molecule has 220 valence electrons. The number of alkyl halides is 3. The zero-order valence-corrected chi connectivity index (χ0v) is 23.8. The minimum atomic E-state index is -4.45. The number of rotatable bonds is 7. The van der Waals surface area contributed by atoms with Crippen molar-refractivity contribution in [3.8, 4) is 5.69 Å². The van der Waals surface area contributed by atoms with Crippen molar-refractivity contribution in [2.24, 2.45) is 5.92 Å². The number of carbonyl (C=O) groups excluding carboxylic acids is 3. The zero-order valence-electron chi connectivity index (χ0n) is 23.8. The number of aromatic nitrogens is 2. The molecule has 2 aromatic rings. The second kappa shape index (κ2) is 11.1. The number of nitrogens with zero attached hydrogens (tertiary/aromatic N) is 3. The first kappa shape index (κ1) is 31.0. The Hall–Kier alpha value is -3.57. The highest BCUT2D eigenvalue weighted by molar-refractivity contribution is 5.88. The third-order valence-corrected chi connectivity index (χ3v) is 6.35. The van der Waals surface area contributed by atoms with E-state index in [9.17, 15) is 27.6 Å². The van der Waals surface area contributed by atoms with Gasteiger partial charge in [0.2, 0.25) is 0 Å². The van der Waals surface area contributed by atoms with Crippen LogP contribution in [0.15, 0.2) is 36.8 Å². The maximum absolute atomic E-state index is 12.9. The summed E-state index contributed by atoms with van der Waals surface area (Å²) in [5.74, 6) is -0.665. The van der Waals surface area contributed by atoms with Gasteiger partial charge in [-0.05, 0) is 91.0 Å². The molecule has 12 heteroatoms. The number of carbonyl (C=O) groups is 3. The summed E-state index contributed by atoms with van der Waals surface area (Å²) in [6.45, 7) is 10.2. The molecular formula is C28H36F3N3O6. The number of halogens is 3. The molecule has 0 radical (unpaired) electrons. The maximum Gasteiger partial charge on any atom is 0.419 e. The fraction of sp³-hybridized carbons (Fsp3) is 0.571. The third kappa shape index (κ3) is 7.33. The minimum Gasteiger partial charge on any atom is -0.468 e. The number of amides is 2. The quantitative estimate of drug-likeness (QED) is 0.287. The lowest BCUT2D eigenvalue weighted by Gasteiger charge is -2.28. The van der Waals surface area contributed by atoms with E-state index in [4.69, 9.17) is 14.2 Å². The second-order valence-electron chi connectivity index (χ2n) is 11.8. The summed E-state index contributed by atoms with van der Waals surface area (Å²) in [6.07, 6.45) is -1.80. The van der Waals surface area contributed by atoms with Crippen LogP contribution in [0.2, 0.25) is 0 Å². The van der Waals surface area contributed by atoms with E-state index in [0.717, 1.165) is 17.0 Å². The van der Waals surface area contributed by atoms with Crippen molar-refractivity contribution in [2.75, 3.05) is 13.7 Å². The molecule has 1 saturated carbocycles. The molecule has 2 atom stereocenters. The number of imide groups is 1. The third-order valence-electron chi connectivity index (χ3n) is 6.35. The van der Waals surface area contributed by atoms with Gasteiger partial charge in [0.15, 0.2) is 0 Å². The molecule has 3 rings (SSSR count). The molecule has 1 fully saturated rings. The van der Waals surface area contributed by atoms with Gasteiger partial charge < -0.3 is 18.8 Å². The molecule has 0 spiro atoms. The van der Waals surface area contributed by atoms with Gasteiger partial charge in [-0.25, -0.2) is 19.5 Å². The van der Waals surface area contributed by atoms with Crippen LogP contribution < -0.4 is 0 Å². The molecule has 0 bridgehead atoms. The van der Waals surface area contributed by atoms with Crippen LogP contribution in [-0.2, 0) is 30.6 Å². The highest BCUT2D eigenvalue weighted by atomic mass is 19.4. The first-order valence-corrected chi connectivity index (χ1v) is 12.9. The molecule has 1 aliphatic carbocycles. The van der Waals surface area contributed by atoms with E-state index < -0.39 is 46.5 Å². The predicted octanol–water partition coefficient (Wildman–Crippen LogP) is 6.27. The van der Waals surface area contributed by atoms with Gasteiger partial charge in [-0.2, -0.15) is 13.2 Å². The molecule has 0 N–H and O–H groups in total. The average Bonchev–Trinajstić information content (AvgIpc) is 3.33. The van der Waals surface area contributed by atoms with Gasteiger partial charge >= 0.3 is 24.3 Å². The SMILES string of the molecule is COC(=O)[C@]1(c2cn(-c3ccc(C(F)(F)F)cc3)cn2)C[C@@H]1CCCN(C(=O)OC(C)(C)C)C(=O)OC(C)(C)C. The van der Waals surface area contributed by atoms with E-state index in [1.165, 1.54) is 25.6 Å². The summed E-state index contributed by atoms with van der Waals surface area (Å²) in [6, 6.07) is 4.61. The number of ether oxygens (including phenoxy) is 3. The number of esters is 1. The zero-order chi connectivity index (χ0) is 30.1. The topological polar surface area (TPSA) is 100.0 Å². The van der Waals surface area contributed by atoms with Gasteiger partial charge in [0.25, 0.3) is 0 Å². The fourth-order valence-corrected chi connectivity index (χ4v) is 4.43. The maximum atomic E-state index is 12.9. The van der Waals surface area contributed by atoms with E-state index >= 15 is 0 Å². The van der Waals surface area contributed by atoms with Crippen LogP contribution in [-0.4, -0.2) is 57.5 Å². The van der Waals surface area contributed by atoms with E-state index in [2.05, 4.69) is 4.98 Å². The van der Waals surface area contributed by atoms with Crippen LogP contribution in [0.1, 0.15) is 72.1 Å². The van der Waals surface area contributed by atoms with Gasteiger partial charge in [-0.3, -0.25) is 4.79 Å². The highest BCUT2D eigenvalue weighted by Crippen LogP contribution is 2.57. The lowest BCUT2D eigenvalue weighted by Crippen LogP contribution is -2.44. The second-order valence-corrected chi connectivity index (χ2v) is 11.8. The van der Waals surface area contributed by atoms with Gasteiger partial charge in [0.1, 0.15) is 16.6 Å². The van der Waals surface area contributed by atoms with Crippen molar-refractivity contribution in [3.63, 3.8) is 0 Å². The molecule has 0 unspecified atom stereocenters. The molecule has 1 heterocycles. The lowest BCUT2D eigenvalue weighted by atomic mass is 9.97. The van der Waals surface area contributed by atoms with Gasteiger partial charge in [0.05, 0.1) is 24.7 Å². The Morgan fingerprint density at radius 2 is 1.55 bits per heavy atom. The first-order chi connectivity index (χ1) is 18.4. The van der Waals surface area contributed by atoms with Crippen LogP contribution in [0, 0.1) is 5.92 Å². The molecule has 9 nitrogen and oxygen atoms in total. The summed E-state index contributed by atoms with van der Waals surface area (Å²) in [5, 5.41) is 0. The summed E-state index contributed by atoms with van der Waals surface area (Å²) in [7, 11) is 1.28. The number of imidazole rings is 1. The number of methoxy groups -OCH3 is 1. The predicted molar refractivity (Wildman–Crippen MR) is 139 cm³/mol. The Morgan fingerprint density at radius 1 is 1.00 bits per heavy atom. The van der Waals surface area contributed by atoms with Gasteiger partial charge in [0, 0.05) is 18.4 Å². The fourth-order valence-electron chi connectivity index (χ4n) is 4.43. The van der Waals surface area contributed by atoms with Crippen molar-refractivity contribution in [1.29, 1.82) is 0 Å². The monoisotopic (exact) mass is 567 g/mol. The van der Waals surface area contributed by atoms with Crippen molar-refractivity contribution in [2.45, 2.75) is 83.6 Å². The molecule has 2 amide bonds. The Balaban J connectivity index is 1.73. The van der Waals surface area contributed by atoms with E-state index in [1.807, 2.05) is 0 Å². The molecule has 1 aromatic heterocycles. The summed E-state index contributed by atoms with van der Waals surface area (Å²) < 4.78 is 56.1. The van der Waals surface area contributed by atoms with E-state index in [1.54, 1.807) is 52.3 Å². The number of benzene rings is 1. The molecule has 1 aromatic carbocycles. The molecule has 1 aliphatic rings. The Kier molecular flexibility index (Phi) is 8.62. The van der Waals surface area contributed by atoms with E-state index in [0.29, 0.717) is 30.6 Å². The smallest absolute Gasteiger partial charge is 0.419 e. The summed E-state index contributed by atoms with van der Waals surface area (Å²) in [5.41, 5.74) is -2.56. The van der Waals surface area contributed by atoms with Crippen LogP contribution in [0.5, 0.6) is 0 Å². The number of hydrogen-bond donors (Lipinski definition) is 0. The molecule has 0 aliphatic heterocycles. The van der Waals surface area contributed by atoms with Crippen molar-refractivity contribution in [1.82, 2.24) is 14.5 Å². The van der Waals surface area contributed by atoms with Gasteiger partial charge in [-0.1, -0.05) is 0 Å². The summed E-state index contributed by atoms with van der Waals surface area (Å²) >= 11 is 0. The Labute approximate surface area is 231 Å². The van der Waals surface area contributed by atoms with Crippen LogP contribution in [0.4, 0.5) is 22.8 Å². The molecular weight excluding hydrogens is 531 g/mol. The van der Waals surface area contributed by atoms with E-state index in [-0.39, 0.29) is 12.5 Å². The lowest BCUT2D eigenvalue weighted by molar-refractivity contribution is -0.144. The van der Waals surface area contributed by atoms with Crippen LogP contribution >= 0.6 is 0 Å². The number of hydrogen-bond acceptors (Lipinski definition) is 7. The van der Waals surface area contributed by atoms with Crippen LogP contribution in [0.3, 0.4) is 0 Å². The van der Waals surface area contributed by atoms with Crippen molar-refractivity contribution < 1.29 is 41.8 Å². The summed E-state index contributed by atoms with van der Waals surface area (Å²) in [4.78, 5) is 43.7. The average molecular weight is 568 g/mol. The Morgan fingerprint density at radius 3 is 2.02 bits per heavy atom. The highest BCUT2D eigenvalue weighted by Gasteiger charge is 2.63. The Bertz CT molecular complexity index is 1200. The largest absolute Gasteiger partial charge is 0.468 e. The van der Waals surface area contributed by atoms with Crippen LogP contribution in [0.25, 0.3) is 5.69 Å². The standard InChI is InChI=1S/C28H36F3N3O6/c1-25(2,3)39-23(36)34(24(37)40-26(4,5)6)14-8-9-19-15-27(19,22(35)38-7)21-16-33(17-32-21)20-12-10-18(11-13-20)28(29,30)31/h10-13,16-17,19H,8-9,14-15H2,1-7H3/t19-,27+/m0/s1.